The van der Waals surface area contributed by atoms with E-state index in [1.165, 1.54) is 51.6 Å². The minimum Gasteiger partial charge on any atom is -0.376 e. The van der Waals surface area contributed by atoms with E-state index < -0.39 is 0 Å². The van der Waals surface area contributed by atoms with Crippen LogP contribution in [-0.4, -0.2) is 87.0 Å². The van der Waals surface area contributed by atoms with Gasteiger partial charge in [-0.1, -0.05) is 12.8 Å². The molecule has 1 unspecified atom stereocenters. The molecular weight excluding hydrogens is 352 g/mol. The van der Waals surface area contributed by atoms with Crippen LogP contribution in [0.25, 0.3) is 0 Å². The van der Waals surface area contributed by atoms with Gasteiger partial charge in [-0.15, -0.1) is 0 Å². The Morgan fingerprint density at radius 2 is 1.79 bits per heavy atom. The number of piperidine rings is 1. The monoisotopic (exact) mass is 394 g/mol. The highest BCUT2D eigenvalue weighted by Gasteiger charge is 2.23. The van der Waals surface area contributed by atoms with Crippen LogP contribution in [-0.2, 0) is 9.47 Å². The van der Waals surface area contributed by atoms with Gasteiger partial charge in [-0.3, -0.25) is 4.99 Å². The third-order valence-electron chi connectivity index (χ3n) is 6.24. The molecule has 3 fully saturated rings. The highest BCUT2D eigenvalue weighted by Crippen LogP contribution is 2.18. The largest absolute Gasteiger partial charge is 0.376 e. The molecule has 0 aromatic heterocycles. The summed E-state index contributed by atoms with van der Waals surface area (Å²) in [6.45, 7) is 11.3. The molecule has 6 heteroatoms. The quantitative estimate of drug-likeness (QED) is 0.531. The molecule has 0 saturated carbocycles. The Morgan fingerprint density at radius 3 is 2.46 bits per heavy atom. The Morgan fingerprint density at radius 1 is 1.00 bits per heavy atom. The van der Waals surface area contributed by atoms with Crippen molar-refractivity contribution in [3.63, 3.8) is 0 Å². The van der Waals surface area contributed by atoms with Crippen molar-refractivity contribution >= 4 is 5.96 Å². The Balaban J connectivity index is 1.37. The first-order valence-corrected chi connectivity index (χ1v) is 11.8. The first-order valence-electron chi connectivity index (χ1n) is 11.8. The highest BCUT2D eigenvalue weighted by molar-refractivity contribution is 5.80. The van der Waals surface area contributed by atoms with E-state index in [1.54, 1.807) is 0 Å². The van der Waals surface area contributed by atoms with Gasteiger partial charge in [-0.25, -0.2) is 0 Å². The lowest BCUT2D eigenvalue weighted by Crippen LogP contribution is -2.47. The topological polar surface area (TPSA) is 49.3 Å². The molecule has 0 aromatic carbocycles. The smallest absolute Gasteiger partial charge is 0.193 e. The van der Waals surface area contributed by atoms with Gasteiger partial charge in [0.2, 0.25) is 0 Å². The number of aliphatic imine (C=N–C) groups is 1. The van der Waals surface area contributed by atoms with Gasteiger partial charge in [0, 0.05) is 32.8 Å². The van der Waals surface area contributed by atoms with Crippen LogP contribution in [0.3, 0.4) is 0 Å². The summed E-state index contributed by atoms with van der Waals surface area (Å²) in [4.78, 5) is 9.95. The lowest BCUT2D eigenvalue weighted by atomic mass is 10.1. The number of hydrogen-bond acceptors (Lipinski definition) is 4. The molecule has 0 amide bonds. The highest BCUT2D eigenvalue weighted by atomic mass is 16.5. The lowest BCUT2D eigenvalue weighted by molar-refractivity contribution is -0.0721. The Labute approximate surface area is 172 Å². The molecule has 162 valence electrons. The predicted octanol–water partition coefficient (Wildman–Crippen LogP) is 2.88. The summed E-state index contributed by atoms with van der Waals surface area (Å²) in [5.41, 5.74) is 0. The van der Waals surface area contributed by atoms with Crippen LogP contribution >= 0.6 is 0 Å². The maximum Gasteiger partial charge on any atom is 0.193 e. The van der Waals surface area contributed by atoms with Gasteiger partial charge in [-0.2, -0.15) is 0 Å². The van der Waals surface area contributed by atoms with E-state index in [0.29, 0.717) is 12.2 Å². The van der Waals surface area contributed by atoms with Gasteiger partial charge in [-0.05, 0) is 65.0 Å². The molecule has 3 heterocycles. The molecular formula is C22H42N4O2. The van der Waals surface area contributed by atoms with Crippen LogP contribution in [0.2, 0.25) is 0 Å². The maximum absolute atomic E-state index is 6.16. The van der Waals surface area contributed by atoms with E-state index in [0.717, 1.165) is 71.2 Å². The van der Waals surface area contributed by atoms with Gasteiger partial charge in [0.1, 0.15) is 0 Å². The summed E-state index contributed by atoms with van der Waals surface area (Å²) < 4.78 is 12.0. The Kier molecular flexibility index (Phi) is 9.88. The van der Waals surface area contributed by atoms with Crippen molar-refractivity contribution in [1.29, 1.82) is 0 Å². The van der Waals surface area contributed by atoms with Crippen LogP contribution in [0.4, 0.5) is 0 Å². The van der Waals surface area contributed by atoms with Crippen molar-refractivity contribution in [1.82, 2.24) is 15.1 Å². The Bertz CT molecular complexity index is 438. The molecule has 0 aromatic rings. The third kappa shape index (κ3) is 7.53. The molecule has 0 aliphatic carbocycles. The van der Waals surface area contributed by atoms with Crippen LogP contribution < -0.4 is 5.32 Å². The van der Waals surface area contributed by atoms with Gasteiger partial charge < -0.3 is 24.6 Å². The predicted molar refractivity (Wildman–Crippen MR) is 115 cm³/mol. The van der Waals surface area contributed by atoms with Crippen LogP contribution in [0.15, 0.2) is 4.99 Å². The summed E-state index contributed by atoms with van der Waals surface area (Å²) in [5, 5.41) is 3.50. The summed E-state index contributed by atoms with van der Waals surface area (Å²) in [6.07, 6.45) is 12.0. The summed E-state index contributed by atoms with van der Waals surface area (Å²) >= 11 is 0. The number of rotatable bonds is 7. The molecule has 0 spiro atoms. The zero-order chi connectivity index (χ0) is 19.4. The molecule has 0 radical (unpaired) electrons. The van der Waals surface area contributed by atoms with Crippen molar-refractivity contribution in [3.8, 4) is 0 Å². The molecule has 1 atom stereocenters. The maximum atomic E-state index is 6.16. The third-order valence-corrected chi connectivity index (χ3v) is 6.24. The van der Waals surface area contributed by atoms with Gasteiger partial charge in [0.05, 0.1) is 25.4 Å². The van der Waals surface area contributed by atoms with Gasteiger partial charge in [0.15, 0.2) is 5.96 Å². The summed E-state index contributed by atoms with van der Waals surface area (Å²) in [7, 11) is 0. The second-order valence-corrected chi connectivity index (χ2v) is 8.50. The van der Waals surface area contributed by atoms with E-state index in [9.17, 15) is 0 Å². The van der Waals surface area contributed by atoms with E-state index >= 15 is 0 Å². The Hall–Kier alpha value is -0.850. The van der Waals surface area contributed by atoms with Gasteiger partial charge >= 0.3 is 0 Å². The van der Waals surface area contributed by atoms with Crippen LogP contribution in [0.5, 0.6) is 0 Å². The van der Waals surface area contributed by atoms with Crippen molar-refractivity contribution in [3.05, 3.63) is 0 Å². The van der Waals surface area contributed by atoms with E-state index in [-0.39, 0.29) is 0 Å². The van der Waals surface area contributed by atoms with Crippen LogP contribution in [0, 0.1) is 0 Å². The molecule has 28 heavy (non-hydrogen) atoms. The van der Waals surface area contributed by atoms with Crippen molar-refractivity contribution in [2.24, 2.45) is 4.99 Å². The molecule has 0 bridgehead atoms. The number of ether oxygens (including phenoxy) is 2. The van der Waals surface area contributed by atoms with Crippen molar-refractivity contribution in [2.75, 3.05) is 59.0 Å². The minimum atomic E-state index is 0.324. The average Bonchev–Trinajstić information content (AvgIpc) is 3.02. The normalized spacial score (nSPS) is 26.2. The average molecular weight is 395 g/mol. The standard InChI is InChI=1S/C22H42N4O2/c1-2-23-22(24-12-17-25-13-6-3-4-7-14-25)26-15-10-20(11-16-26)28-19-21-9-5-8-18-27-21/h20-21H,2-19H2,1H3,(H,23,24). The fourth-order valence-electron chi connectivity index (χ4n) is 4.50. The molecule has 3 aliphatic heterocycles. The number of hydrogen-bond donors (Lipinski definition) is 1. The molecule has 6 nitrogen and oxygen atoms in total. The second kappa shape index (κ2) is 12.7. The molecule has 3 rings (SSSR count). The molecule has 3 aliphatic rings. The van der Waals surface area contributed by atoms with E-state index in [1.807, 2.05) is 0 Å². The first kappa shape index (κ1) is 21.8. The number of nitrogens with one attached hydrogen (secondary N) is 1. The first-order chi connectivity index (χ1) is 13.8. The zero-order valence-electron chi connectivity index (χ0n) is 18.0. The minimum absolute atomic E-state index is 0.324. The van der Waals surface area contributed by atoms with Crippen LogP contribution in [0.1, 0.15) is 64.7 Å². The SMILES string of the molecule is CCNC(=NCCN1CCCCCC1)N1CCC(OCC2CCCCO2)CC1. The van der Waals surface area contributed by atoms with Gasteiger partial charge in [0.25, 0.3) is 0 Å². The van der Waals surface area contributed by atoms with Crippen molar-refractivity contribution < 1.29 is 9.47 Å². The lowest BCUT2D eigenvalue weighted by Gasteiger charge is -2.35. The number of nitrogens with zero attached hydrogens (tertiary/aromatic N) is 3. The fraction of sp³-hybridized carbons (Fsp3) is 0.955. The fourth-order valence-corrected chi connectivity index (χ4v) is 4.50. The summed E-state index contributed by atoms with van der Waals surface area (Å²) in [6, 6.07) is 0. The number of guanidine groups is 1. The molecule has 3 saturated heterocycles. The van der Waals surface area contributed by atoms with E-state index in [2.05, 4.69) is 22.0 Å². The second-order valence-electron chi connectivity index (χ2n) is 8.50. The number of likely N-dealkylation sites (tertiary alicyclic amines) is 2. The summed E-state index contributed by atoms with van der Waals surface area (Å²) in [5.74, 6) is 1.09. The molecule has 1 N–H and O–H groups in total. The van der Waals surface area contributed by atoms with E-state index in [4.69, 9.17) is 14.5 Å². The van der Waals surface area contributed by atoms with Crippen molar-refractivity contribution in [2.45, 2.75) is 76.9 Å². The zero-order valence-corrected chi connectivity index (χ0v) is 18.0.